The molecule has 1 aliphatic carbocycles. The fraction of sp³-hybridized carbons (Fsp3) is 1.00. The number of hydrogen-bond acceptors (Lipinski definition) is 1. The monoisotopic (exact) mass is 139 g/mol. The fourth-order valence-corrected chi connectivity index (χ4v) is 1.81. The molecule has 0 aromatic heterocycles. The van der Waals surface area contributed by atoms with Crippen LogP contribution in [-0.2, 0) is 0 Å². The molecule has 1 saturated heterocycles. The van der Waals surface area contributed by atoms with E-state index in [4.69, 9.17) is 0 Å². The zero-order valence-electron chi connectivity index (χ0n) is 6.68. The van der Waals surface area contributed by atoms with Crippen molar-refractivity contribution in [2.75, 3.05) is 19.6 Å². The first-order chi connectivity index (χ1) is 4.95. The quantitative estimate of drug-likeness (QED) is 0.564. The Morgan fingerprint density at radius 2 is 1.70 bits per heavy atom. The van der Waals surface area contributed by atoms with Gasteiger partial charge in [-0.2, -0.15) is 0 Å². The second-order valence-corrected chi connectivity index (χ2v) is 3.80. The lowest BCUT2D eigenvalue weighted by Gasteiger charge is -2.26. The Balaban J connectivity index is 1.69. The van der Waals surface area contributed by atoms with Gasteiger partial charge >= 0.3 is 0 Å². The average molecular weight is 139 g/mol. The van der Waals surface area contributed by atoms with Crippen molar-refractivity contribution >= 4 is 0 Å². The van der Waals surface area contributed by atoms with E-state index in [1.54, 1.807) is 0 Å². The van der Waals surface area contributed by atoms with Gasteiger partial charge < -0.3 is 4.90 Å². The molecule has 0 aromatic rings. The predicted molar refractivity (Wildman–Crippen MR) is 43.0 cm³/mol. The summed E-state index contributed by atoms with van der Waals surface area (Å²) in [6.45, 7) is 4.19. The maximum absolute atomic E-state index is 2.65. The predicted octanol–water partition coefficient (Wildman–Crippen LogP) is 1.88. The Kier molecular flexibility index (Phi) is 1.94. The summed E-state index contributed by atoms with van der Waals surface area (Å²) in [6.07, 6.45) is 7.40. The third kappa shape index (κ3) is 1.72. The number of nitrogens with zero attached hydrogens (tertiary/aromatic N) is 1. The van der Waals surface area contributed by atoms with Crippen LogP contribution in [-0.4, -0.2) is 24.5 Å². The molecule has 1 saturated carbocycles. The van der Waals surface area contributed by atoms with Gasteiger partial charge in [0.25, 0.3) is 0 Å². The number of piperidine rings is 1. The van der Waals surface area contributed by atoms with Crippen LogP contribution in [0.1, 0.15) is 32.1 Å². The maximum Gasteiger partial charge on any atom is 0.000966 e. The highest BCUT2D eigenvalue weighted by Gasteiger charge is 2.24. The zero-order chi connectivity index (χ0) is 6.81. The Morgan fingerprint density at radius 1 is 1.00 bits per heavy atom. The molecule has 0 N–H and O–H groups in total. The van der Waals surface area contributed by atoms with Gasteiger partial charge in [0.15, 0.2) is 0 Å². The molecule has 1 nitrogen and oxygen atoms in total. The van der Waals surface area contributed by atoms with E-state index >= 15 is 0 Å². The summed E-state index contributed by atoms with van der Waals surface area (Å²) in [6, 6.07) is 0. The van der Waals surface area contributed by atoms with Gasteiger partial charge in [0, 0.05) is 6.54 Å². The van der Waals surface area contributed by atoms with Crippen LogP contribution in [0, 0.1) is 5.92 Å². The van der Waals surface area contributed by atoms with E-state index < -0.39 is 0 Å². The Bertz CT molecular complexity index is 101. The second-order valence-electron chi connectivity index (χ2n) is 3.80. The van der Waals surface area contributed by atoms with Gasteiger partial charge in [-0.05, 0) is 44.7 Å². The van der Waals surface area contributed by atoms with Gasteiger partial charge in [-0.15, -0.1) is 0 Å². The standard InChI is InChI=1S/C9H17N/c1-2-6-10(7-3-1)8-9-4-5-9/h9H,1-8H2. The molecule has 0 bridgehead atoms. The molecule has 2 aliphatic rings. The van der Waals surface area contributed by atoms with Crippen molar-refractivity contribution in [3.63, 3.8) is 0 Å². The third-order valence-corrected chi connectivity index (χ3v) is 2.66. The lowest BCUT2D eigenvalue weighted by atomic mass is 10.1. The van der Waals surface area contributed by atoms with Gasteiger partial charge in [0.2, 0.25) is 0 Å². The molecule has 0 radical (unpaired) electrons. The summed E-state index contributed by atoms with van der Waals surface area (Å²) in [4.78, 5) is 2.65. The maximum atomic E-state index is 2.65. The minimum atomic E-state index is 1.10. The van der Waals surface area contributed by atoms with Gasteiger partial charge in [-0.25, -0.2) is 0 Å². The minimum Gasteiger partial charge on any atom is -0.303 e. The lowest BCUT2D eigenvalue weighted by molar-refractivity contribution is 0.220. The summed E-state index contributed by atoms with van der Waals surface area (Å²) in [5.74, 6) is 1.10. The van der Waals surface area contributed by atoms with Crippen molar-refractivity contribution in [2.24, 2.45) is 5.92 Å². The number of rotatable bonds is 2. The van der Waals surface area contributed by atoms with Gasteiger partial charge in [0.05, 0.1) is 0 Å². The van der Waals surface area contributed by atoms with E-state index in [9.17, 15) is 0 Å². The van der Waals surface area contributed by atoms with Gasteiger partial charge in [0.1, 0.15) is 0 Å². The van der Waals surface area contributed by atoms with Crippen molar-refractivity contribution in [1.82, 2.24) is 4.90 Å². The normalized spacial score (nSPS) is 28.8. The highest BCUT2D eigenvalue weighted by Crippen LogP contribution is 2.30. The summed E-state index contributed by atoms with van der Waals surface area (Å²) in [5.41, 5.74) is 0. The molecule has 1 heterocycles. The molecule has 2 rings (SSSR count). The fourth-order valence-electron chi connectivity index (χ4n) is 1.81. The van der Waals surface area contributed by atoms with Crippen LogP contribution < -0.4 is 0 Å². The Morgan fingerprint density at radius 3 is 2.30 bits per heavy atom. The molecule has 0 amide bonds. The molecule has 1 heteroatoms. The SMILES string of the molecule is C1CCN(CC2CC2)CC1. The largest absolute Gasteiger partial charge is 0.303 e. The molecule has 1 aliphatic heterocycles. The van der Waals surface area contributed by atoms with Crippen molar-refractivity contribution in [1.29, 1.82) is 0 Å². The molecular formula is C9H17N. The van der Waals surface area contributed by atoms with Crippen molar-refractivity contribution in [3.05, 3.63) is 0 Å². The first-order valence-electron chi connectivity index (χ1n) is 4.67. The third-order valence-electron chi connectivity index (χ3n) is 2.66. The first kappa shape index (κ1) is 6.66. The van der Waals surface area contributed by atoms with Crippen molar-refractivity contribution in [2.45, 2.75) is 32.1 Å². The Labute approximate surface area is 63.4 Å². The number of hydrogen-bond donors (Lipinski definition) is 0. The summed E-state index contributed by atoms with van der Waals surface area (Å²) < 4.78 is 0. The van der Waals surface area contributed by atoms with E-state index in [1.165, 1.54) is 51.7 Å². The molecule has 0 aromatic carbocycles. The van der Waals surface area contributed by atoms with Crippen LogP contribution in [0.4, 0.5) is 0 Å². The molecule has 0 spiro atoms. The van der Waals surface area contributed by atoms with Crippen LogP contribution in [0.25, 0.3) is 0 Å². The van der Waals surface area contributed by atoms with Crippen molar-refractivity contribution < 1.29 is 0 Å². The van der Waals surface area contributed by atoms with E-state index in [0.29, 0.717) is 0 Å². The van der Waals surface area contributed by atoms with Crippen LogP contribution in [0.3, 0.4) is 0 Å². The summed E-state index contributed by atoms with van der Waals surface area (Å²) >= 11 is 0. The molecule has 2 fully saturated rings. The van der Waals surface area contributed by atoms with Crippen LogP contribution >= 0.6 is 0 Å². The lowest BCUT2D eigenvalue weighted by Crippen LogP contribution is -2.31. The van der Waals surface area contributed by atoms with Crippen molar-refractivity contribution in [3.8, 4) is 0 Å². The highest BCUT2D eigenvalue weighted by atomic mass is 15.1. The summed E-state index contributed by atoms with van der Waals surface area (Å²) in [7, 11) is 0. The summed E-state index contributed by atoms with van der Waals surface area (Å²) in [5, 5.41) is 0. The first-order valence-corrected chi connectivity index (χ1v) is 4.67. The second kappa shape index (κ2) is 2.91. The Hall–Kier alpha value is -0.0400. The topological polar surface area (TPSA) is 3.24 Å². The molecule has 0 atom stereocenters. The van der Waals surface area contributed by atoms with E-state index in [1.807, 2.05) is 0 Å². The minimum absolute atomic E-state index is 1.10. The van der Waals surface area contributed by atoms with E-state index in [-0.39, 0.29) is 0 Å². The van der Waals surface area contributed by atoms with Gasteiger partial charge in [-0.1, -0.05) is 6.42 Å². The smallest absolute Gasteiger partial charge is 0.000966 e. The van der Waals surface area contributed by atoms with E-state index in [2.05, 4.69) is 4.90 Å². The zero-order valence-corrected chi connectivity index (χ0v) is 6.68. The molecular weight excluding hydrogens is 122 g/mol. The van der Waals surface area contributed by atoms with Gasteiger partial charge in [-0.3, -0.25) is 0 Å². The highest BCUT2D eigenvalue weighted by molar-refractivity contribution is 4.78. The van der Waals surface area contributed by atoms with Crippen LogP contribution in [0.5, 0.6) is 0 Å². The van der Waals surface area contributed by atoms with E-state index in [0.717, 1.165) is 5.92 Å². The molecule has 10 heavy (non-hydrogen) atoms. The molecule has 0 unspecified atom stereocenters. The average Bonchev–Trinajstić information content (AvgIpc) is 2.74. The van der Waals surface area contributed by atoms with Crippen LogP contribution in [0.15, 0.2) is 0 Å². The van der Waals surface area contributed by atoms with Crippen LogP contribution in [0.2, 0.25) is 0 Å². The number of likely N-dealkylation sites (tertiary alicyclic amines) is 1. The molecule has 58 valence electrons.